The maximum atomic E-state index is 9.18. The first-order valence-electron chi connectivity index (χ1n) is 6.39. The normalized spacial score (nSPS) is 30.5. The summed E-state index contributed by atoms with van der Waals surface area (Å²) < 4.78 is 1.81. The SMILES string of the molecule is Cc1nn(C)c(NC2CC3CCC2C3)c1C#N. The predicted molar refractivity (Wildman–Crippen MR) is 65.5 cm³/mol. The smallest absolute Gasteiger partial charge is 0.142 e. The van der Waals surface area contributed by atoms with Crippen LogP contribution in [0.5, 0.6) is 0 Å². The van der Waals surface area contributed by atoms with E-state index in [0.717, 1.165) is 23.3 Å². The first-order chi connectivity index (χ1) is 8.19. The van der Waals surface area contributed by atoms with Crippen LogP contribution in [0.1, 0.15) is 36.9 Å². The summed E-state index contributed by atoms with van der Waals surface area (Å²) in [5.41, 5.74) is 1.52. The molecule has 90 valence electrons. The van der Waals surface area contributed by atoms with E-state index in [1.807, 2.05) is 14.0 Å². The summed E-state index contributed by atoms with van der Waals surface area (Å²) in [7, 11) is 1.91. The summed E-state index contributed by atoms with van der Waals surface area (Å²) in [6.45, 7) is 1.89. The van der Waals surface area contributed by atoms with E-state index in [-0.39, 0.29) is 0 Å². The van der Waals surface area contributed by atoms with Crippen molar-refractivity contribution in [1.29, 1.82) is 5.26 Å². The van der Waals surface area contributed by atoms with E-state index in [1.165, 1.54) is 25.7 Å². The topological polar surface area (TPSA) is 53.6 Å². The van der Waals surface area contributed by atoms with Crippen LogP contribution in [0, 0.1) is 30.1 Å². The molecule has 17 heavy (non-hydrogen) atoms. The molecule has 1 heterocycles. The molecule has 3 atom stereocenters. The van der Waals surface area contributed by atoms with Gasteiger partial charge in [-0.2, -0.15) is 10.4 Å². The second kappa shape index (κ2) is 3.76. The first-order valence-corrected chi connectivity index (χ1v) is 6.39. The minimum atomic E-state index is 0.552. The Hall–Kier alpha value is -1.50. The monoisotopic (exact) mass is 230 g/mol. The van der Waals surface area contributed by atoms with Crippen molar-refractivity contribution in [3.8, 4) is 6.07 Å². The van der Waals surface area contributed by atoms with Crippen LogP contribution >= 0.6 is 0 Å². The van der Waals surface area contributed by atoms with Gasteiger partial charge >= 0.3 is 0 Å². The molecule has 1 aromatic heterocycles. The largest absolute Gasteiger partial charge is 0.366 e. The van der Waals surface area contributed by atoms with Gasteiger partial charge in [-0.25, -0.2) is 0 Å². The van der Waals surface area contributed by atoms with Gasteiger partial charge in [-0.15, -0.1) is 0 Å². The van der Waals surface area contributed by atoms with Crippen LogP contribution in [0.25, 0.3) is 0 Å². The van der Waals surface area contributed by atoms with Crippen molar-refractivity contribution in [3.05, 3.63) is 11.3 Å². The number of hydrogen-bond acceptors (Lipinski definition) is 3. The molecule has 1 N–H and O–H groups in total. The van der Waals surface area contributed by atoms with E-state index < -0.39 is 0 Å². The van der Waals surface area contributed by atoms with E-state index in [9.17, 15) is 5.26 Å². The lowest BCUT2D eigenvalue weighted by Crippen LogP contribution is -2.27. The van der Waals surface area contributed by atoms with Crippen LogP contribution in [0.4, 0.5) is 5.82 Å². The summed E-state index contributed by atoms with van der Waals surface area (Å²) in [4.78, 5) is 0. The third-order valence-electron chi connectivity index (χ3n) is 4.39. The maximum Gasteiger partial charge on any atom is 0.142 e. The highest BCUT2D eigenvalue weighted by molar-refractivity contribution is 5.55. The second-order valence-corrected chi connectivity index (χ2v) is 5.47. The fourth-order valence-electron chi connectivity index (χ4n) is 3.55. The molecule has 2 bridgehead atoms. The number of aryl methyl sites for hydroxylation is 2. The van der Waals surface area contributed by atoms with Crippen LogP contribution in [0.15, 0.2) is 0 Å². The third-order valence-corrected chi connectivity index (χ3v) is 4.39. The standard InChI is InChI=1S/C13H18N4/c1-8-11(7-14)13(17(2)16-8)15-12-6-9-3-4-10(12)5-9/h9-10,12,15H,3-6H2,1-2H3. The van der Waals surface area contributed by atoms with Crippen molar-refractivity contribution in [2.75, 3.05) is 5.32 Å². The zero-order valence-electron chi connectivity index (χ0n) is 10.4. The molecule has 0 saturated heterocycles. The third kappa shape index (κ3) is 1.61. The Morgan fingerprint density at radius 1 is 1.41 bits per heavy atom. The number of nitrogens with zero attached hydrogens (tertiary/aromatic N) is 3. The Bertz CT molecular complexity index is 482. The molecule has 4 heteroatoms. The average Bonchev–Trinajstić information content (AvgIpc) is 2.95. The fraction of sp³-hybridized carbons (Fsp3) is 0.692. The summed E-state index contributed by atoms with van der Waals surface area (Å²) in [6.07, 6.45) is 5.38. The molecular formula is C13H18N4. The molecule has 2 saturated carbocycles. The van der Waals surface area contributed by atoms with Gasteiger partial charge < -0.3 is 5.32 Å². The lowest BCUT2D eigenvalue weighted by Gasteiger charge is -2.24. The molecule has 0 radical (unpaired) electrons. The Morgan fingerprint density at radius 2 is 2.24 bits per heavy atom. The lowest BCUT2D eigenvalue weighted by molar-refractivity contribution is 0.437. The van der Waals surface area contributed by atoms with Crippen molar-refractivity contribution in [2.45, 2.75) is 38.6 Å². The average molecular weight is 230 g/mol. The Kier molecular flexibility index (Phi) is 2.36. The molecule has 0 aliphatic heterocycles. The zero-order valence-corrected chi connectivity index (χ0v) is 10.4. The van der Waals surface area contributed by atoms with Crippen molar-refractivity contribution in [2.24, 2.45) is 18.9 Å². The Morgan fingerprint density at radius 3 is 2.82 bits per heavy atom. The molecule has 3 unspecified atom stereocenters. The second-order valence-electron chi connectivity index (χ2n) is 5.47. The van der Waals surface area contributed by atoms with Gasteiger partial charge in [-0.05, 0) is 38.0 Å². The van der Waals surface area contributed by atoms with Gasteiger partial charge in [0.2, 0.25) is 0 Å². The highest BCUT2D eigenvalue weighted by atomic mass is 15.3. The molecule has 0 spiro atoms. The van der Waals surface area contributed by atoms with E-state index in [2.05, 4.69) is 16.5 Å². The van der Waals surface area contributed by atoms with E-state index in [4.69, 9.17) is 0 Å². The van der Waals surface area contributed by atoms with Gasteiger partial charge in [0.05, 0.1) is 5.69 Å². The molecule has 1 aromatic rings. The summed E-state index contributed by atoms with van der Waals surface area (Å²) in [6, 6.07) is 2.81. The number of nitrogens with one attached hydrogen (secondary N) is 1. The number of nitriles is 1. The van der Waals surface area contributed by atoms with Crippen molar-refractivity contribution < 1.29 is 0 Å². The molecule has 0 amide bonds. The lowest BCUT2D eigenvalue weighted by atomic mass is 9.95. The van der Waals surface area contributed by atoms with Gasteiger partial charge in [0.1, 0.15) is 17.5 Å². The van der Waals surface area contributed by atoms with Crippen LogP contribution in [0.2, 0.25) is 0 Å². The van der Waals surface area contributed by atoms with E-state index >= 15 is 0 Å². The van der Waals surface area contributed by atoms with E-state index in [0.29, 0.717) is 11.6 Å². The minimum Gasteiger partial charge on any atom is -0.366 e. The number of rotatable bonds is 2. The van der Waals surface area contributed by atoms with Gasteiger partial charge in [0.25, 0.3) is 0 Å². The molecule has 2 aliphatic carbocycles. The minimum absolute atomic E-state index is 0.552. The summed E-state index contributed by atoms with van der Waals surface area (Å²) >= 11 is 0. The van der Waals surface area contributed by atoms with Gasteiger partial charge in [-0.1, -0.05) is 6.42 Å². The zero-order chi connectivity index (χ0) is 12.0. The van der Waals surface area contributed by atoms with Crippen molar-refractivity contribution in [1.82, 2.24) is 9.78 Å². The molecule has 2 aliphatic rings. The van der Waals surface area contributed by atoms with Crippen molar-refractivity contribution >= 4 is 5.82 Å². The summed E-state index contributed by atoms with van der Waals surface area (Å²) in [5, 5.41) is 17.1. The Balaban J connectivity index is 1.84. The van der Waals surface area contributed by atoms with Gasteiger partial charge in [-0.3, -0.25) is 4.68 Å². The molecule has 3 rings (SSSR count). The number of aromatic nitrogens is 2. The molecular weight excluding hydrogens is 212 g/mol. The molecule has 2 fully saturated rings. The highest BCUT2D eigenvalue weighted by Crippen LogP contribution is 2.45. The van der Waals surface area contributed by atoms with Crippen LogP contribution < -0.4 is 5.32 Å². The van der Waals surface area contributed by atoms with Gasteiger partial charge in [0.15, 0.2) is 0 Å². The predicted octanol–water partition coefficient (Wildman–Crippen LogP) is 2.20. The van der Waals surface area contributed by atoms with Crippen LogP contribution in [-0.4, -0.2) is 15.8 Å². The van der Waals surface area contributed by atoms with Gasteiger partial charge in [0, 0.05) is 13.1 Å². The number of fused-ring (bicyclic) bond motifs is 2. The fourth-order valence-corrected chi connectivity index (χ4v) is 3.55. The van der Waals surface area contributed by atoms with Crippen LogP contribution in [-0.2, 0) is 7.05 Å². The molecule has 0 aromatic carbocycles. The molecule has 4 nitrogen and oxygen atoms in total. The van der Waals surface area contributed by atoms with E-state index in [1.54, 1.807) is 4.68 Å². The first kappa shape index (κ1) is 10.6. The summed E-state index contributed by atoms with van der Waals surface area (Å²) in [5.74, 6) is 2.63. The highest BCUT2D eigenvalue weighted by Gasteiger charge is 2.40. The Labute approximate surface area is 102 Å². The van der Waals surface area contributed by atoms with Crippen LogP contribution in [0.3, 0.4) is 0 Å². The van der Waals surface area contributed by atoms with Crippen molar-refractivity contribution in [3.63, 3.8) is 0 Å². The quantitative estimate of drug-likeness (QED) is 0.847. The number of anilines is 1. The maximum absolute atomic E-state index is 9.18. The number of hydrogen-bond donors (Lipinski definition) is 1.